The summed E-state index contributed by atoms with van der Waals surface area (Å²) in [7, 11) is 3.19. The Kier molecular flexibility index (Phi) is 6.25. The third-order valence-electron chi connectivity index (χ3n) is 3.78. The Morgan fingerprint density at radius 3 is 2.65 bits per heavy atom. The van der Waals surface area contributed by atoms with Crippen LogP contribution in [0.4, 0.5) is 0 Å². The minimum atomic E-state index is -0.574. The maximum atomic E-state index is 12.0. The zero-order valence-corrected chi connectivity index (χ0v) is 14.9. The van der Waals surface area contributed by atoms with Crippen LogP contribution in [0.25, 0.3) is 0 Å². The van der Waals surface area contributed by atoms with Crippen LogP contribution in [0.3, 0.4) is 0 Å². The van der Waals surface area contributed by atoms with Gasteiger partial charge in [0.05, 0.1) is 0 Å². The van der Waals surface area contributed by atoms with Gasteiger partial charge in [0.1, 0.15) is 0 Å². The first kappa shape index (κ1) is 17.6. The average molecular weight is 329 g/mol. The number of amides is 1. The highest BCUT2D eigenvalue weighted by Gasteiger charge is 2.21. The first-order valence-corrected chi connectivity index (χ1v) is 8.57. The van der Waals surface area contributed by atoms with E-state index in [1.807, 2.05) is 18.2 Å². The summed E-state index contributed by atoms with van der Waals surface area (Å²) in [6.45, 7) is 4.22. The SMILES string of the molecule is CNC(=O)C(OC)c1ccccc1CSc1cc(C)ccc1C. The van der Waals surface area contributed by atoms with Gasteiger partial charge >= 0.3 is 0 Å². The van der Waals surface area contributed by atoms with Crippen LogP contribution in [-0.4, -0.2) is 20.1 Å². The molecule has 3 nitrogen and oxygen atoms in total. The van der Waals surface area contributed by atoms with Gasteiger partial charge < -0.3 is 10.1 Å². The van der Waals surface area contributed by atoms with Crippen LogP contribution < -0.4 is 5.32 Å². The lowest BCUT2D eigenvalue weighted by molar-refractivity contribution is -0.130. The van der Waals surface area contributed by atoms with Crippen molar-refractivity contribution < 1.29 is 9.53 Å². The van der Waals surface area contributed by atoms with E-state index in [0.29, 0.717) is 0 Å². The molecule has 0 saturated carbocycles. The fourth-order valence-electron chi connectivity index (χ4n) is 2.45. The monoisotopic (exact) mass is 329 g/mol. The van der Waals surface area contributed by atoms with Crippen molar-refractivity contribution in [1.82, 2.24) is 5.32 Å². The number of nitrogens with one attached hydrogen (secondary N) is 1. The fourth-order valence-corrected chi connectivity index (χ4v) is 3.58. The smallest absolute Gasteiger partial charge is 0.253 e. The van der Waals surface area contributed by atoms with Gasteiger partial charge in [-0.2, -0.15) is 0 Å². The zero-order chi connectivity index (χ0) is 16.8. The first-order valence-electron chi connectivity index (χ1n) is 7.59. The van der Waals surface area contributed by atoms with Crippen molar-refractivity contribution >= 4 is 17.7 Å². The number of carbonyl (C=O) groups excluding carboxylic acids is 1. The summed E-state index contributed by atoms with van der Waals surface area (Å²) >= 11 is 1.79. The summed E-state index contributed by atoms with van der Waals surface area (Å²) in [5.41, 5.74) is 4.57. The molecule has 2 rings (SSSR count). The molecule has 122 valence electrons. The lowest BCUT2D eigenvalue weighted by atomic mass is 10.0. The number of methoxy groups -OCH3 is 1. The zero-order valence-electron chi connectivity index (χ0n) is 14.1. The molecule has 0 aliphatic heterocycles. The molecule has 0 aliphatic carbocycles. The van der Waals surface area contributed by atoms with Crippen LogP contribution in [0, 0.1) is 13.8 Å². The van der Waals surface area contributed by atoms with Crippen LogP contribution in [0.2, 0.25) is 0 Å². The second-order valence-corrected chi connectivity index (χ2v) is 6.50. The molecule has 1 amide bonds. The normalized spacial score (nSPS) is 12.0. The summed E-state index contributed by atoms with van der Waals surface area (Å²) in [6, 6.07) is 14.4. The van der Waals surface area contributed by atoms with Crippen LogP contribution >= 0.6 is 11.8 Å². The van der Waals surface area contributed by atoms with E-state index in [2.05, 4.69) is 43.4 Å². The highest BCUT2D eigenvalue weighted by molar-refractivity contribution is 7.98. The number of rotatable bonds is 6. The molecular formula is C19H23NO2S. The molecule has 0 aromatic heterocycles. The van der Waals surface area contributed by atoms with E-state index < -0.39 is 6.10 Å². The number of hydrogen-bond acceptors (Lipinski definition) is 3. The number of ether oxygens (including phenoxy) is 1. The van der Waals surface area contributed by atoms with E-state index >= 15 is 0 Å². The van der Waals surface area contributed by atoms with Crippen molar-refractivity contribution in [3.8, 4) is 0 Å². The van der Waals surface area contributed by atoms with Crippen molar-refractivity contribution in [2.24, 2.45) is 0 Å². The molecule has 0 aliphatic rings. The van der Waals surface area contributed by atoms with E-state index in [1.54, 1.807) is 25.9 Å². The molecule has 1 atom stereocenters. The van der Waals surface area contributed by atoms with Crippen LogP contribution in [0.15, 0.2) is 47.4 Å². The number of hydrogen-bond donors (Lipinski definition) is 1. The van der Waals surface area contributed by atoms with Gasteiger partial charge in [0, 0.05) is 24.8 Å². The molecule has 1 unspecified atom stereocenters. The summed E-state index contributed by atoms with van der Waals surface area (Å²) in [4.78, 5) is 13.3. The minimum absolute atomic E-state index is 0.128. The Labute approximate surface area is 142 Å². The van der Waals surface area contributed by atoms with E-state index in [-0.39, 0.29) is 5.91 Å². The van der Waals surface area contributed by atoms with Gasteiger partial charge in [-0.15, -0.1) is 11.8 Å². The van der Waals surface area contributed by atoms with E-state index in [4.69, 9.17) is 4.74 Å². The predicted molar refractivity (Wildman–Crippen MR) is 95.7 cm³/mol. The Bertz CT molecular complexity index is 685. The van der Waals surface area contributed by atoms with E-state index in [1.165, 1.54) is 16.0 Å². The Hall–Kier alpha value is -1.78. The molecule has 4 heteroatoms. The molecule has 0 heterocycles. The summed E-state index contributed by atoms with van der Waals surface area (Å²) in [5.74, 6) is 0.675. The highest BCUT2D eigenvalue weighted by Crippen LogP contribution is 2.30. The summed E-state index contributed by atoms with van der Waals surface area (Å²) in [6.07, 6.45) is -0.574. The molecule has 2 aromatic rings. The largest absolute Gasteiger partial charge is 0.367 e. The van der Waals surface area contributed by atoms with Gasteiger partial charge in [-0.05, 0) is 36.6 Å². The van der Waals surface area contributed by atoms with Gasteiger partial charge in [0.15, 0.2) is 6.10 Å². The van der Waals surface area contributed by atoms with E-state index in [0.717, 1.165) is 16.9 Å². The second-order valence-electron chi connectivity index (χ2n) is 5.49. The summed E-state index contributed by atoms with van der Waals surface area (Å²) < 4.78 is 5.40. The van der Waals surface area contributed by atoms with Crippen molar-refractivity contribution in [1.29, 1.82) is 0 Å². The first-order chi connectivity index (χ1) is 11.1. The standard InChI is InChI=1S/C19H23NO2S/c1-13-9-10-14(2)17(11-13)23-12-15-7-5-6-8-16(15)18(22-4)19(21)20-3/h5-11,18H,12H2,1-4H3,(H,20,21). The Morgan fingerprint density at radius 1 is 1.22 bits per heavy atom. The molecule has 0 radical (unpaired) electrons. The van der Waals surface area contributed by atoms with Crippen molar-refractivity contribution in [3.63, 3.8) is 0 Å². The lowest BCUT2D eigenvalue weighted by Gasteiger charge is -2.18. The molecule has 0 fully saturated rings. The maximum Gasteiger partial charge on any atom is 0.253 e. The van der Waals surface area contributed by atoms with Crippen molar-refractivity contribution in [2.45, 2.75) is 30.6 Å². The van der Waals surface area contributed by atoms with Crippen LogP contribution in [0.5, 0.6) is 0 Å². The Morgan fingerprint density at radius 2 is 1.96 bits per heavy atom. The molecule has 0 bridgehead atoms. The lowest BCUT2D eigenvalue weighted by Crippen LogP contribution is -2.27. The number of aryl methyl sites for hydroxylation is 2. The second kappa shape index (κ2) is 8.18. The van der Waals surface area contributed by atoms with Gasteiger partial charge in [0.25, 0.3) is 5.91 Å². The van der Waals surface area contributed by atoms with Gasteiger partial charge in [0.2, 0.25) is 0 Å². The molecular weight excluding hydrogens is 306 g/mol. The van der Waals surface area contributed by atoms with Crippen molar-refractivity contribution in [3.05, 3.63) is 64.7 Å². The fraction of sp³-hybridized carbons (Fsp3) is 0.316. The summed E-state index contributed by atoms with van der Waals surface area (Å²) in [5, 5.41) is 2.66. The minimum Gasteiger partial charge on any atom is -0.367 e. The third-order valence-corrected chi connectivity index (χ3v) is 4.99. The van der Waals surface area contributed by atoms with Crippen molar-refractivity contribution in [2.75, 3.05) is 14.2 Å². The molecule has 2 aromatic carbocycles. The predicted octanol–water partition coefficient (Wildman–Crippen LogP) is 4.03. The molecule has 1 N–H and O–H groups in total. The number of carbonyl (C=O) groups is 1. The number of benzene rings is 2. The Balaban J connectivity index is 2.23. The molecule has 23 heavy (non-hydrogen) atoms. The van der Waals surface area contributed by atoms with E-state index in [9.17, 15) is 4.79 Å². The highest BCUT2D eigenvalue weighted by atomic mass is 32.2. The van der Waals surface area contributed by atoms with Crippen LogP contribution in [0.1, 0.15) is 28.4 Å². The topological polar surface area (TPSA) is 38.3 Å². The molecule has 0 spiro atoms. The van der Waals surface area contributed by atoms with Gasteiger partial charge in [-0.1, -0.05) is 42.0 Å². The maximum absolute atomic E-state index is 12.0. The van der Waals surface area contributed by atoms with Crippen LogP contribution in [-0.2, 0) is 15.3 Å². The quantitative estimate of drug-likeness (QED) is 0.813. The number of thioether (sulfide) groups is 1. The van der Waals surface area contributed by atoms with Gasteiger partial charge in [-0.25, -0.2) is 0 Å². The third kappa shape index (κ3) is 4.36. The number of likely N-dealkylation sites (N-methyl/N-ethyl adjacent to an activating group) is 1. The molecule has 0 saturated heterocycles. The van der Waals surface area contributed by atoms with Gasteiger partial charge in [-0.3, -0.25) is 4.79 Å². The average Bonchev–Trinajstić information content (AvgIpc) is 2.57.